The van der Waals surface area contributed by atoms with Gasteiger partial charge in [-0.05, 0) is 50.1 Å². The average Bonchev–Trinajstić information content (AvgIpc) is 2.70. The summed E-state index contributed by atoms with van der Waals surface area (Å²) in [4.78, 5) is 38.3. The summed E-state index contributed by atoms with van der Waals surface area (Å²) in [5.41, 5.74) is 3.45. The number of carbonyl (C=O) groups is 3. The molecule has 0 fully saturated rings. The Bertz CT molecular complexity index is 941. The van der Waals surface area contributed by atoms with Crippen LogP contribution in [0.3, 0.4) is 0 Å². The third kappa shape index (κ3) is 4.74. The monoisotopic (exact) mass is 395 g/mol. The number of nitrogens with one attached hydrogen (secondary N) is 2. The van der Waals surface area contributed by atoms with E-state index in [1.807, 2.05) is 44.2 Å². The Labute approximate surface area is 170 Å². The van der Waals surface area contributed by atoms with Crippen molar-refractivity contribution in [3.63, 3.8) is 0 Å². The van der Waals surface area contributed by atoms with Gasteiger partial charge >= 0.3 is 0 Å². The Morgan fingerprint density at radius 1 is 1.07 bits per heavy atom. The Hall–Kier alpha value is -3.35. The van der Waals surface area contributed by atoms with Gasteiger partial charge in [-0.15, -0.1) is 0 Å². The van der Waals surface area contributed by atoms with Crippen molar-refractivity contribution in [1.29, 1.82) is 0 Å². The van der Waals surface area contributed by atoms with E-state index in [0.29, 0.717) is 11.4 Å². The van der Waals surface area contributed by atoms with E-state index in [1.165, 1.54) is 0 Å². The first-order valence-electron chi connectivity index (χ1n) is 9.56. The van der Waals surface area contributed by atoms with E-state index in [0.717, 1.165) is 16.8 Å². The second kappa shape index (κ2) is 8.77. The quantitative estimate of drug-likeness (QED) is 0.787. The summed E-state index contributed by atoms with van der Waals surface area (Å²) in [5, 5.41) is 5.41. The van der Waals surface area contributed by atoms with E-state index in [2.05, 4.69) is 10.6 Å². The van der Waals surface area contributed by atoms with Gasteiger partial charge in [0.15, 0.2) is 6.10 Å². The third-order valence-electron chi connectivity index (χ3n) is 4.96. The Balaban J connectivity index is 1.52. The molecule has 2 aromatic rings. The van der Waals surface area contributed by atoms with Crippen LogP contribution in [0.25, 0.3) is 0 Å². The van der Waals surface area contributed by atoms with Crippen molar-refractivity contribution >= 4 is 29.1 Å². The van der Waals surface area contributed by atoms with E-state index in [1.54, 1.807) is 24.0 Å². The molecular weight excluding hydrogens is 370 g/mol. The zero-order valence-electron chi connectivity index (χ0n) is 16.8. The smallest absolute Gasteiger partial charge is 0.267 e. The number of nitrogens with zero attached hydrogens (tertiary/aromatic N) is 1. The van der Waals surface area contributed by atoms with Crippen LogP contribution in [-0.4, -0.2) is 36.9 Å². The number of hydrogen-bond donors (Lipinski definition) is 2. The van der Waals surface area contributed by atoms with Crippen LogP contribution in [-0.2, 0) is 14.4 Å². The molecule has 0 bridgehead atoms. The molecule has 7 heteroatoms. The van der Waals surface area contributed by atoms with Crippen LogP contribution in [0, 0.1) is 13.8 Å². The summed E-state index contributed by atoms with van der Waals surface area (Å²) in [6, 6.07) is 12.9. The van der Waals surface area contributed by atoms with E-state index in [4.69, 9.17) is 4.74 Å². The fourth-order valence-electron chi connectivity index (χ4n) is 3.15. The highest BCUT2D eigenvalue weighted by Crippen LogP contribution is 2.33. The van der Waals surface area contributed by atoms with Gasteiger partial charge in [0.1, 0.15) is 5.75 Å². The van der Waals surface area contributed by atoms with Crippen LogP contribution >= 0.6 is 0 Å². The summed E-state index contributed by atoms with van der Waals surface area (Å²) in [6.45, 7) is 5.67. The van der Waals surface area contributed by atoms with Gasteiger partial charge in [-0.1, -0.05) is 24.3 Å². The minimum atomic E-state index is -0.601. The highest BCUT2D eigenvalue weighted by Gasteiger charge is 2.31. The lowest BCUT2D eigenvalue weighted by Crippen LogP contribution is -2.46. The SMILES string of the molecule is Cc1cccc(NC(=O)CNC(=O)CCN2C(=O)[C@@H](C)Oc3ccccc32)c1C. The van der Waals surface area contributed by atoms with Crippen LogP contribution < -0.4 is 20.3 Å². The van der Waals surface area contributed by atoms with Gasteiger partial charge in [0.05, 0.1) is 12.2 Å². The van der Waals surface area contributed by atoms with E-state index in [9.17, 15) is 14.4 Å². The number of para-hydroxylation sites is 2. The van der Waals surface area contributed by atoms with Gasteiger partial charge in [0.25, 0.3) is 5.91 Å². The fourth-order valence-corrected chi connectivity index (χ4v) is 3.15. The maximum absolute atomic E-state index is 12.4. The van der Waals surface area contributed by atoms with Crippen LogP contribution in [0.5, 0.6) is 5.75 Å². The standard InChI is InChI=1S/C22H25N3O4/c1-14-7-6-8-17(15(14)2)24-21(27)13-23-20(26)11-12-25-18-9-4-5-10-19(18)29-16(3)22(25)28/h4-10,16H,11-13H2,1-3H3,(H,23,26)(H,24,27)/t16-/m1/s1. The molecule has 1 aliphatic heterocycles. The van der Waals surface area contributed by atoms with Gasteiger partial charge < -0.3 is 20.3 Å². The maximum atomic E-state index is 12.4. The lowest BCUT2D eigenvalue weighted by Gasteiger charge is -2.32. The Morgan fingerprint density at radius 2 is 1.83 bits per heavy atom. The lowest BCUT2D eigenvalue weighted by molar-refractivity contribution is -0.126. The Morgan fingerprint density at radius 3 is 2.62 bits per heavy atom. The fraction of sp³-hybridized carbons (Fsp3) is 0.318. The normalized spacial score (nSPS) is 15.3. The molecule has 152 valence electrons. The minimum Gasteiger partial charge on any atom is -0.479 e. The molecule has 3 rings (SSSR count). The van der Waals surface area contributed by atoms with Crippen molar-refractivity contribution in [2.75, 3.05) is 23.3 Å². The maximum Gasteiger partial charge on any atom is 0.267 e. The summed E-state index contributed by atoms with van der Waals surface area (Å²) < 4.78 is 5.59. The average molecular weight is 395 g/mol. The molecule has 0 radical (unpaired) electrons. The molecule has 7 nitrogen and oxygen atoms in total. The van der Waals surface area contributed by atoms with Gasteiger partial charge in [0.2, 0.25) is 11.8 Å². The summed E-state index contributed by atoms with van der Waals surface area (Å²) in [6.07, 6.45) is -0.514. The van der Waals surface area contributed by atoms with Crippen LogP contribution in [0.2, 0.25) is 0 Å². The molecule has 0 aromatic heterocycles. The predicted octanol–water partition coefficient (Wildman–Crippen LogP) is 2.56. The van der Waals surface area contributed by atoms with Gasteiger partial charge in [0, 0.05) is 18.7 Å². The number of benzene rings is 2. The molecule has 2 N–H and O–H groups in total. The molecule has 1 heterocycles. The second-order valence-electron chi connectivity index (χ2n) is 7.04. The molecule has 0 unspecified atom stereocenters. The van der Waals surface area contributed by atoms with Gasteiger partial charge in [-0.3, -0.25) is 14.4 Å². The molecule has 1 aliphatic rings. The molecule has 2 aromatic carbocycles. The second-order valence-corrected chi connectivity index (χ2v) is 7.04. The van der Waals surface area contributed by atoms with Crippen molar-refractivity contribution in [2.24, 2.45) is 0 Å². The highest BCUT2D eigenvalue weighted by atomic mass is 16.5. The zero-order chi connectivity index (χ0) is 21.0. The van der Waals surface area contributed by atoms with E-state index < -0.39 is 6.10 Å². The molecule has 0 aliphatic carbocycles. The van der Waals surface area contributed by atoms with Crippen LogP contribution in [0.1, 0.15) is 24.5 Å². The van der Waals surface area contributed by atoms with Crippen molar-refractivity contribution in [3.05, 3.63) is 53.6 Å². The molecule has 29 heavy (non-hydrogen) atoms. The van der Waals surface area contributed by atoms with Crippen molar-refractivity contribution in [3.8, 4) is 5.75 Å². The number of hydrogen-bond acceptors (Lipinski definition) is 4. The number of anilines is 2. The highest BCUT2D eigenvalue weighted by molar-refractivity contribution is 6.00. The largest absolute Gasteiger partial charge is 0.479 e. The topological polar surface area (TPSA) is 87.7 Å². The molecule has 1 atom stereocenters. The van der Waals surface area contributed by atoms with Crippen molar-refractivity contribution in [2.45, 2.75) is 33.3 Å². The van der Waals surface area contributed by atoms with Crippen molar-refractivity contribution < 1.29 is 19.1 Å². The first-order valence-corrected chi connectivity index (χ1v) is 9.56. The molecule has 0 saturated carbocycles. The van der Waals surface area contributed by atoms with E-state index >= 15 is 0 Å². The number of fused-ring (bicyclic) bond motifs is 1. The first kappa shape index (κ1) is 20.4. The first-order chi connectivity index (χ1) is 13.9. The number of rotatable bonds is 6. The van der Waals surface area contributed by atoms with Gasteiger partial charge in [-0.2, -0.15) is 0 Å². The summed E-state index contributed by atoms with van der Waals surface area (Å²) in [7, 11) is 0. The molecule has 0 saturated heterocycles. The Kier molecular flexibility index (Phi) is 6.16. The molecule has 0 spiro atoms. The summed E-state index contributed by atoms with van der Waals surface area (Å²) in [5.74, 6) is -0.170. The molecule has 3 amide bonds. The van der Waals surface area contributed by atoms with Crippen LogP contribution in [0.4, 0.5) is 11.4 Å². The van der Waals surface area contributed by atoms with Crippen LogP contribution in [0.15, 0.2) is 42.5 Å². The number of ether oxygens (including phenoxy) is 1. The van der Waals surface area contributed by atoms with Crippen molar-refractivity contribution in [1.82, 2.24) is 5.32 Å². The minimum absolute atomic E-state index is 0.0869. The van der Waals surface area contributed by atoms with E-state index in [-0.39, 0.29) is 37.2 Å². The van der Waals surface area contributed by atoms with Gasteiger partial charge in [-0.25, -0.2) is 0 Å². The number of carbonyl (C=O) groups excluding carboxylic acids is 3. The summed E-state index contributed by atoms with van der Waals surface area (Å²) >= 11 is 0. The number of aryl methyl sites for hydroxylation is 1. The lowest BCUT2D eigenvalue weighted by atomic mass is 10.1. The predicted molar refractivity (Wildman–Crippen MR) is 111 cm³/mol. The zero-order valence-corrected chi connectivity index (χ0v) is 16.8. The number of amides is 3. The third-order valence-corrected chi connectivity index (χ3v) is 4.96. The molecular formula is C22H25N3O4.